The predicted octanol–water partition coefficient (Wildman–Crippen LogP) is 3.53. The highest BCUT2D eigenvalue weighted by Gasteiger charge is 2.13. The van der Waals surface area contributed by atoms with E-state index >= 15 is 0 Å². The molecule has 1 rings (SSSR count). The Morgan fingerprint density at radius 1 is 1.45 bits per heavy atom. The van der Waals surface area contributed by atoms with Crippen molar-refractivity contribution in [3.8, 4) is 23.8 Å². The number of terminal acetylenes is 1. The SMILES string of the molecule is C#CCCCOc1c(Br)cc(CC(N)CC)cc1OC. The molecular weight excluding hydrogens is 318 g/mol. The highest BCUT2D eigenvalue weighted by molar-refractivity contribution is 9.10. The third kappa shape index (κ3) is 5.07. The van der Waals surface area contributed by atoms with Crippen LogP contribution in [0.4, 0.5) is 0 Å². The van der Waals surface area contributed by atoms with Crippen LogP contribution >= 0.6 is 15.9 Å². The lowest BCUT2D eigenvalue weighted by Crippen LogP contribution is -2.21. The number of ether oxygens (including phenoxy) is 2. The maximum absolute atomic E-state index is 5.99. The number of methoxy groups -OCH3 is 1. The molecule has 110 valence electrons. The van der Waals surface area contributed by atoms with Gasteiger partial charge in [0.25, 0.3) is 0 Å². The van der Waals surface area contributed by atoms with Gasteiger partial charge in [-0.15, -0.1) is 12.3 Å². The molecule has 1 aromatic rings. The molecule has 3 nitrogen and oxygen atoms in total. The molecule has 0 saturated heterocycles. The van der Waals surface area contributed by atoms with Crippen LogP contribution in [-0.2, 0) is 6.42 Å². The second-order valence-electron chi connectivity index (χ2n) is 4.64. The van der Waals surface area contributed by atoms with Crippen LogP contribution in [0.3, 0.4) is 0 Å². The standard InChI is InChI=1S/C16H22BrNO2/c1-4-6-7-8-20-16-14(17)10-12(9-13(18)5-2)11-15(16)19-3/h1,10-11,13H,5-9,18H2,2-3H3. The Morgan fingerprint density at radius 2 is 2.20 bits per heavy atom. The Kier molecular flexibility index (Phi) is 7.50. The van der Waals surface area contributed by atoms with Gasteiger partial charge in [-0.05, 0) is 52.9 Å². The largest absolute Gasteiger partial charge is 0.493 e. The van der Waals surface area contributed by atoms with E-state index < -0.39 is 0 Å². The number of rotatable bonds is 8. The van der Waals surface area contributed by atoms with Crippen molar-refractivity contribution in [1.82, 2.24) is 0 Å². The molecule has 0 heterocycles. The fourth-order valence-electron chi connectivity index (χ4n) is 1.83. The zero-order valence-electron chi connectivity index (χ0n) is 12.1. The normalized spacial score (nSPS) is 11.8. The fourth-order valence-corrected chi connectivity index (χ4v) is 2.43. The topological polar surface area (TPSA) is 44.5 Å². The van der Waals surface area contributed by atoms with Gasteiger partial charge in [-0.2, -0.15) is 0 Å². The molecular formula is C16H22BrNO2. The average molecular weight is 340 g/mol. The quantitative estimate of drug-likeness (QED) is 0.582. The number of nitrogens with two attached hydrogens (primary N) is 1. The maximum atomic E-state index is 5.99. The molecule has 0 aliphatic carbocycles. The van der Waals surface area contributed by atoms with Crippen LogP contribution in [0.2, 0.25) is 0 Å². The smallest absolute Gasteiger partial charge is 0.175 e. The van der Waals surface area contributed by atoms with Crippen LogP contribution in [0.1, 0.15) is 31.7 Å². The number of benzene rings is 1. The molecule has 2 N–H and O–H groups in total. The Morgan fingerprint density at radius 3 is 2.80 bits per heavy atom. The average Bonchev–Trinajstić information content (AvgIpc) is 2.44. The van der Waals surface area contributed by atoms with E-state index in [0.29, 0.717) is 13.0 Å². The summed E-state index contributed by atoms with van der Waals surface area (Å²) in [5.74, 6) is 4.04. The summed E-state index contributed by atoms with van der Waals surface area (Å²) in [6.07, 6.45) is 8.53. The van der Waals surface area contributed by atoms with Crippen molar-refractivity contribution in [2.24, 2.45) is 5.73 Å². The molecule has 0 saturated carbocycles. The Bertz CT molecular complexity index is 468. The van der Waals surface area contributed by atoms with Crippen LogP contribution in [0.15, 0.2) is 16.6 Å². The Labute approximate surface area is 130 Å². The van der Waals surface area contributed by atoms with E-state index in [0.717, 1.165) is 40.8 Å². The van der Waals surface area contributed by atoms with E-state index in [1.54, 1.807) is 7.11 Å². The predicted molar refractivity (Wildman–Crippen MR) is 86.2 cm³/mol. The van der Waals surface area contributed by atoms with Crippen LogP contribution in [0.5, 0.6) is 11.5 Å². The van der Waals surface area contributed by atoms with E-state index in [-0.39, 0.29) is 6.04 Å². The second kappa shape index (κ2) is 8.89. The van der Waals surface area contributed by atoms with E-state index in [1.807, 2.05) is 12.1 Å². The van der Waals surface area contributed by atoms with Crippen LogP contribution in [0.25, 0.3) is 0 Å². The minimum atomic E-state index is 0.161. The Hall–Kier alpha value is -1.18. The van der Waals surface area contributed by atoms with Crippen molar-refractivity contribution in [3.63, 3.8) is 0 Å². The minimum Gasteiger partial charge on any atom is -0.493 e. The molecule has 0 fully saturated rings. The van der Waals surface area contributed by atoms with Crippen LogP contribution in [-0.4, -0.2) is 19.8 Å². The lowest BCUT2D eigenvalue weighted by Gasteiger charge is -2.15. The van der Waals surface area contributed by atoms with Gasteiger partial charge in [-0.1, -0.05) is 6.92 Å². The molecule has 1 aromatic carbocycles. The molecule has 0 spiro atoms. The van der Waals surface area contributed by atoms with Gasteiger partial charge in [0.1, 0.15) is 0 Å². The molecule has 0 aliphatic heterocycles. The lowest BCUT2D eigenvalue weighted by atomic mass is 10.0. The van der Waals surface area contributed by atoms with E-state index in [1.165, 1.54) is 0 Å². The number of halogens is 1. The summed E-state index contributed by atoms with van der Waals surface area (Å²) in [6.45, 7) is 2.66. The van der Waals surface area contributed by atoms with Gasteiger partial charge in [0, 0.05) is 12.5 Å². The molecule has 1 unspecified atom stereocenters. The van der Waals surface area contributed by atoms with Gasteiger partial charge in [0.05, 0.1) is 18.2 Å². The van der Waals surface area contributed by atoms with Crippen LogP contribution < -0.4 is 15.2 Å². The van der Waals surface area contributed by atoms with Gasteiger partial charge >= 0.3 is 0 Å². The second-order valence-corrected chi connectivity index (χ2v) is 5.49. The van der Waals surface area contributed by atoms with Gasteiger partial charge in [-0.3, -0.25) is 0 Å². The van der Waals surface area contributed by atoms with Crippen molar-refractivity contribution < 1.29 is 9.47 Å². The molecule has 0 amide bonds. The summed E-state index contributed by atoms with van der Waals surface area (Å²) in [4.78, 5) is 0. The zero-order chi connectivity index (χ0) is 15.0. The van der Waals surface area contributed by atoms with E-state index in [4.69, 9.17) is 21.6 Å². The van der Waals surface area contributed by atoms with Gasteiger partial charge in [0.2, 0.25) is 0 Å². The molecule has 4 heteroatoms. The third-order valence-electron chi connectivity index (χ3n) is 3.02. The van der Waals surface area contributed by atoms with Gasteiger partial charge in [0.15, 0.2) is 11.5 Å². The van der Waals surface area contributed by atoms with E-state index in [2.05, 4.69) is 28.8 Å². The summed E-state index contributed by atoms with van der Waals surface area (Å²) >= 11 is 3.53. The highest BCUT2D eigenvalue weighted by Crippen LogP contribution is 2.37. The van der Waals surface area contributed by atoms with E-state index in [9.17, 15) is 0 Å². The van der Waals surface area contributed by atoms with Crippen LogP contribution in [0, 0.1) is 12.3 Å². The zero-order valence-corrected chi connectivity index (χ0v) is 13.7. The van der Waals surface area contributed by atoms with Crippen molar-refractivity contribution in [2.45, 2.75) is 38.6 Å². The van der Waals surface area contributed by atoms with Crippen molar-refractivity contribution in [2.75, 3.05) is 13.7 Å². The number of hydrogen-bond acceptors (Lipinski definition) is 3. The fraction of sp³-hybridized carbons (Fsp3) is 0.500. The molecule has 0 bridgehead atoms. The summed E-state index contributed by atoms with van der Waals surface area (Å²) in [5.41, 5.74) is 7.13. The number of unbranched alkanes of at least 4 members (excludes halogenated alkanes) is 1. The molecule has 0 aliphatic rings. The molecule has 0 aromatic heterocycles. The van der Waals surface area contributed by atoms with Gasteiger partial charge in [-0.25, -0.2) is 0 Å². The first kappa shape index (κ1) is 16.9. The lowest BCUT2D eigenvalue weighted by molar-refractivity contribution is 0.289. The minimum absolute atomic E-state index is 0.161. The summed E-state index contributed by atoms with van der Waals surface area (Å²) in [7, 11) is 1.64. The first-order valence-electron chi connectivity index (χ1n) is 6.80. The monoisotopic (exact) mass is 339 g/mol. The maximum Gasteiger partial charge on any atom is 0.175 e. The Balaban J connectivity index is 2.82. The van der Waals surface area contributed by atoms with Crippen molar-refractivity contribution in [3.05, 3.63) is 22.2 Å². The first-order valence-corrected chi connectivity index (χ1v) is 7.59. The van der Waals surface area contributed by atoms with Crippen molar-refractivity contribution >= 4 is 15.9 Å². The number of hydrogen-bond donors (Lipinski definition) is 1. The summed E-state index contributed by atoms with van der Waals surface area (Å²) < 4.78 is 12.0. The first-order chi connectivity index (χ1) is 9.62. The summed E-state index contributed by atoms with van der Waals surface area (Å²) in [5, 5.41) is 0. The molecule has 0 radical (unpaired) electrons. The highest BCUT2D eigenvalue weighted by atomic mass is 79.9. The molecule has 1 atom stereocenters. The molecule has 20 heavy (non-hydrogen) atoms. The summed E-state index contributed by atoms with van der Waals surface area (Å²) in [6, 6.07) is 4.18. The van der Waals surface area contributed by atoms with Gasteiger partial charge < -0.3 is 15.2 Å². The third-order valence-corrected chi connectivity index (χ3v) is 3.61. The van der Waals surface area contributed by atoms with Crippen molar-refractivity contribution in [1.29, 1.82) is 0 Å².